The normalized spacial score (nSPS) is 12.5. The van der Waals surface area contributed by atoms with Crippen LogP contribution in [0.5, 0.6) is 0 Å². The van der Waals surface area contributed by atoms with Crippen molar-refractivity contribution in [2.45, 2.75) is 20.0 Å². The van der Waals surface area contributed by atoms with E-state index in [2.05, 4.69) is 18.3 Å². The Bertz CT molecular complexity index is 309. The van der Waals surface area contributed by atoms with Gasteiger partial charge in [-0.15, -0.1) is 11.3 Å². The third kappa shape index (κ3) is 3.12. The van der Waals surface area contributed by atoms with Crippen LogP contribution >= 0.6 is 11.3 Å². The van der Waals surface area contributed by atoms with Gasteiger partial charge in [-0.05, 0) is 19.1 Å². The van der Waals surface area contributed by atoms with Crippen molar-refractivity contribution in [2.75, 3.05) is 13.7 Å². The fourth-order valence-corrected chi connectivity index (χ4v) is 2.12. The van der Waals surface area contributed by atoms with Gasteiger partial charge in [0, 0.05) is 30.3 Å². The molecular weight excluding hydrogens is 198 g/mol. The topological polar surface area (TPSA) is 38.3 Å². The Labute approximate surface area is 88.1 Å². The number of carbonyl (C=O) groups is 1. The van der Waals surface area contributed by atoms with Gasteiger partial charge in [-0.25, -0.2) is 0 Å². The number of aryl methyl sites for hydroxylation is 1. The summed E-state index contributed by atoms with van der Waals surface area (Å²) in [6.45, 7) is 4.09. The van der Waals surface area contributed by atoms with Gasteiger partial charge in [0.25, 0.3) is 0 Å². The molecule has 0 saturated carbocycles. The second-order valence-corrected chi connectivity index (χ2v) is 4.43. The summed E-state index contributed by atoms with van der Waals surface area (Å²) in [5.74, 6) is -0.0275. The fraction of sp³-hybridized carbons (Fsp3) is 0.500. The van der Waals surface area contributed by atoms with Crippen molar-refractivity contribution in [2.24, 2.45) is 0 Å². The fourth-order valence-electron chi connectivity index (χ4n) is 1.16. The molecule has 0 spiro atoms. The van der Waals surface area contributed by atoms with E-state index in [1.807, 2.05) is 6.07 Å². The van der Waals surface area contributed by atoms with Crippen LogP contribution in [-0.2, 0) is 9.53 Å². The monoisotopic (exact) mass is 213 g/mol. The molecule has 1 aromatic rings. The molecule has 0 aliphatic rings. The van der Waals surface area contributed by atoms with Gasteiger partial charge in [-0.2, -0.15) is 0 Å². The number of ether oxygens (including phenoxy) is 1. The molecule has 0 aliphatic carbocycles. The van der Waals surface area contributed by atoms with Gasteiger partial charge in [-0.1, -0.05) is 0 Å². The molecule has 0 fully saturated rings. The van der Waals surface area contributed by atoms with E-state index in [1.54, 1.807) is 18.4 Å². The van der Waals surface area contributed by atoms with E-state index in [1.165, 1.54) is 11.8 Å². The smallest absolute Gasteiger partial charge is 0.216 e. The Hall–Kier alpha value is -0.870. The van der Waals surface area contributed by atoms with Crippen molar-refractivity contribution in [1.82, 2.24) is 5.32 Å². The highest BCUT2D eigenvalue weighted by Gasteiger charge is 2.12. The van der Waals surface area contributed by atoms with E-state index < -0.39 is 0 Å². The predicted molar refractivity (Wildman–Crippen MR) is 57.5 cm³/mol. The molecule has 1 heterocycles. The van der Waals surface area contributed by atoms with E-state index >= 15 is 0 Å². The van der Waals surface area contributed by atoms with Gasteiger partial charge in [0.05, 0.1) is 0 Å². The van der Waals surface area contributed by atoms with Crippen LogP contribution in [0, 0.1) is 6.92 Å². The lowest BCUT2D eigenvalue weighted by Crippen LogP contribution is -2.26. The summed E-state index contributed by atoms with van der Waals surface area (Å²) in [5.41, 5.74) is 0. The minimum Gasteiger partial charge on any atom is -0.374 e. The molecule has 1 rings (SSSR count). The summed E-state index contributed by atoms with van der Waals surface area (Å²) >= 11 is 1.70. The van der Waals surface area contributed by atoms with Crippen LogP contribution < -0.4 is 5.32 Å². The molecular formula is C10H15NO2S. The number of hydrogen-bond acceptors (Lipinski definition) is 3. The Balaban J connectivity index is 2.58. The summed E-state index contributed by atoms with van der Waals surface area (Å²) in [7, 11) is 1.65. The lowest BCUT2D eigenvalue weighted by atomic mass is 10.3. The molecule has 0 aromatic carbocycles. The van der Waals surface area contributed by atoms with Crippen LogP contribution in [-0.4, -0.2) is 19.6 Å². The van der Waals surface area contributed by atoms with Crippen molar-refractivity contribution in [1.29, 1.82) is 0 Å². The average Bonchev–Trinajstić information content (AvgIpc) is 2.53. The van der Waals surface area contributed by atoms with Gasteiger partial charge < -0.3 is 10.1 Å². The Morgan fingerprint density at radius 3 is 2.79 bits per heavy atom. The first-order chi connectivity index (χ1) is 6.63. The van der Waals surface area contributed by atoms with Crippen molar-refractivity contribution >= 4 is 17.2 Å². The highest BCUT2D eigenvalue weighted by atomic mass is 32.1. The number of rotatable bonds is 4. The number of methoxy groups -OCH3 is 1. The highest BCUT2D eigenvalue weighted by molar-refractivity contribution is 7.12. The molecule has 0 saturated heterocycles. The lowest BCUT2D eigenvalue weighted by molar-refractivity contribution is -0.119. The zero-order valence-electron chi connectivity index (χ0n) is 8.66. The maximum Gasteiger partial charge on any atom is 0.216 e. The summed E-state index contributed by atoms with van der Waals surface area (Å²) in [5, 5.41) is 2.75. The van der Waals surface area contributed by atoms with Gasteiger partial charge in [0.15, 0.2) is 0 Å². The number of thiophene rings is 1. The first-order valence-corrected chi connectivity index (χ1v) is 5.28. The molecule has 1 unspecified atom stereocenters. The van der Waals surface area contributed by atoms with Crippen molar-refractivity contribution < 1.29 is 9.53 Å². The number of amides is 1. The number of hydrogen-bond donors (Lipinski definition) is 1. The van der Waals surface area contributed by atoms with Crippen LogP contribution in [0.2, 0.25) is 0 Å². The van der Waals surface area contributed by atoms with E-state index in [0.717, 1.165) is 4.88 Å². The van der Waals surface area contributed by atoms with Crippen LogP contribution in [0.4, 0.5) is 0 Å². The van der Waals surface area contributed by atoms with Crippen molar-refractivity contribution in [3.8, 4) is 0 Å². The second kappa shape index (κ2) is 5.12. The minimum atomic E-state index is -0.0300. The largest absolute Gasteiger partial charge is 0.374 e. The third-order valence-corrected chi connectivity index (χ3v) is 2.99. The van der Waals surface area contributed by atoms with Crippen LogP contribution in [0.3, 0.4) is 0 Å². The van der Waals surface area contributed by atoms with Gasteiger partial charge >= 0.3 is 0 Å². The standard InChI is InChI=1S/C10H15NO2S/c1-7-4-5-10(14-7)9(13-3)6-11-8(2)12/h4-5,9H,6H2,1-3H3,(H,11,12). The zero-order chi connectivity index (χ0) is 10.6. The Morgan fingerprint density at radius 2 is 2.36 bits per heavy atom. The van der Waals surface area contributed by atoms with Crippen LogP contribution in [0.25, 0.3) is 0 Å². The highest BCUT2D eigenvalue weighted by Crippen LogP contribution is 2.24. The summed E-state index contributed by atoms with van der Waals surface area (Å²) in [4.78, 5) is 13.1. The molecule has 78 valence electrons. The minimum absolute atomic E-state index is 0.0275. The van der Waals surface area contributed by atoms with Gasteiger partial charge in [-0.3, -0.25) is 4.79 Å². The molecule has 4 heteroatoms. The van der Waals surface area contributed by atoms with Crippen molar-refractivity contribution in [3.05, 3.63) is 21.9 Å². The molecule has 0 radical (unpaired) electrons. The van der Waals surface area contributed by atoms with E-state index in [0.29, 0.717) is 6.54 Å². The van der Waals surface area contributed by atoms with Gasteiger partial charge in [0.1, 0.15) is 6.10 Å². The summed E-state index contributed by atoms with van der Waals surface area (Å²) in [6.07, 6.45) is -0.0300. The zero-order valence-corrected chi connectivity index (χ0v) is 9.48. The molecule has 1 amide bonds. The van der Waals surface area contributed by atoms with E-state index in [4.69, 9.17) is 4.74 Å². The quantitative estimate of drug-likeness (QED) is 0.829. The summed E-state index contributed by atoms with van der Waals surface area (Å²) in [6, 6.07) is 4.09. The molecule has 0 bridgehead atoms. The second-order valence-electron chi connectivity index (χ2n) is 3.11. The molecule has 0 aliphatic heterocycles. The van der Waals surface area contributed by atoms with Crippen molar-refractivity contribution in [3.63, 3.8) is 0 Å². The van der Waals surface area contributed by atoms with E-state index in [9.17, 15) is 4.79 Å². The molecule has 1 N–H and O–H groups in total. The molecule has 1 atom stereocenters. The molecule has 3 nitrogen and oxygen atoms in total. The number of nitrogens with one attached hydrogen (secondary N) is 1. The van der Waals surface area contributed by atoms with E-state index in [-0.39, 0.29) is 12.0 Å². The average molecular weight is 213 g/mol. The molecule has 1 aromatic heterocycles. The maximum absolute atomic E-state index is 10.7. The molecule has 14 heavy (non-hydrogen) atoms. The van der Waals surface area contributed by atoms with Crippen LogP contribution in [0.1, 0.15) is 22.8 Å². The first kappa shape index (κ1) is 11.2. The lowest BCUT2D eigenvalue weighted by Gasteiger charge is -2.13. The van der Waals surface area contributed by atoms with Gasteiger partial charge in [0.2, 0.25) is 5.91 Å². The van der Waals surface area contributed by atoms with Crippen LogP contribution in [0.15, 0.2) is 12.1 Å². The number of carbonyl (C=O) groups excluding carboxylic acids is 1. The Morgan fingerprint density at radius 1 is 1.64 bits per heavy atom. The maximum atomic E-state index is 10.7. The first-order valence-electron chi connectivity index (χ1n) is 4.47. The summed E-state index contributed by atoms with van der Waals surface area (Å²) < 4.78 is 5.30. The third-order valence-electron chi connectivity index (χ3n) is 1.90. The Kier molecular flexibility index (Phi) is 4.10. The predicted octanol–water partition coefficient (Wildman–Crippen LogP) is 1.88. The SMILES string of the molecule is COC(CNC(C)=O)c1ccc(C)s1.